The third kappa shape index (κ3) is 9.45. The lowest BCUT2D eigenvalue weighted by atomic mass is 9.72. The molecule has 2 aromatic rings. The van der Waals surface area contributed by atoms with Crippen LogP contribution in [0.4, 0.5) is 11.4 Å². The molecule has 0 saturated heterocycles. The highest BCUT2D eigenvalue weighted by Gasteiger charge is 2.35. The van der Waals surface area contributed by atoms with E-state index in [2.05, 4.69) is 178 Å². The van der Waals surface area contributed by atoms with Gasteiger partial charge in [-0.05, 0) is 164 Å². The lowest BCUT2D eigenvalue weighted by molar-refractivity contribution is -0.114. The van der Waals surface area contributed by atoms with E-state index >= 15 is 0 Å². The van der Waals surface area contributed by atoms with Gasteiger partial charge in [0.2, 0.25) is 0 Å². The molecule has 2 aliphatic rings. The molecule has 0 fully saturated rings. The molecule has 2 aromatic carbocycles. The number of carbonyl (C=O) groups is 2. The molecule has 54 heavy (non-hydrogen) atoms. The van der Waals surface area contributed by atoms with E-state index in [1.807, 2.05) is 24.3 Å². The molecule has 2 aliphatic carbocycles. The number of hydrogen-bond acceptors (Lipinski definition) is 6. The number of benzene rings is 2. The van der Waals surface area contributed by atoms with Crippen molar-refractivity contribution in [2.24, 2.45) is 42.1 Å². The first-order chi connectivity index (χ1) is 24.6. The molecule has 0 N–H and O–H groups in total. The third-order valence-corrected chi connectivity index (χ3v) is 13.5. The zero-order valence-corrected chi connectivity index (χ0v) is 39.3. The number of nitrogens with zero attached hydrogens (tertiary/aromatic N) is 4. The molecule has 0 bridgehead atoms. The molecule has 4 rings (SSSR count). The fraction of sp³-hybridized carbons (Fsp3) is 0.435. The van der Waals surface area contributed by atoms with E-state index in [4.69, 9.17) is 10.2 Å². The fourth-order valence-corrected chi connectivity index (χ4v) is 7.90. The molecular weight excluding hydrogens is 894 g/mol. The van der Waals surface area contributed by atoms with Crippen LogP contribution in [-0.2, 0) is 9.59 Å². The summed E-state index contributed by atoms with van der Waals surface area (Å²) < 4.78 is 2.20. The van der Waals surface area contributed by atoms with E-state index in [1.165, 1.54) is 5.56 Å². The number of halogens is 2. The molecule has 6 nitrogen and oxygen atoms in total. The van der Waals surface area contributed by atoms with E-state index in [9.17, 15) is 9.59 Å². The molecule has 0 radical (unpaired) electrons. The lowest BCUT2D eigenvalue weighted by Crippen LogP contribution is -2.27. The van der Waals surface area contributed by atoms with Gasteiger partial charge in [0.15, 0.2) is 11.6 Å². The number of hydrogen-bond donors (Lipinski definition) is 0. The average Bonchev–Trinajstić information content (AvgIpc) is 3.02. The van der Waals surface area contributed by atoms with Crippen molar-refractivity contribution in [3.63, 3.8) is 0 Å². The van der Waals surface area contributed by atoms with Gasteiger partial charge >= 0.3 is 0 Å². The van der Waals surface area contributed by atoms with Crippen LogP contribution in [0.1, 0.15) is 105 Å². The first-order valence-corrected chi connectivity index (χ1v) is 20.6. The van der Waals surface area contributed by atoms with Gasteiger partial charge in [0.05, 0.1) is 23.8 Å². The summed E-state index contributed by atoms with van der Waals surface area (Å²) in [6.07, 6.45) is 11.3. The van der Waals surface area contributed by atoms with Crippen molar-refractivity contribution in [3.8, 4) is 11.1 Å². The van der Waals surface area contributed by atoms with Gasteiger partial charge in [-0.1, -0.05) is 83.1 Å². The Morgan fingerprint density at radius 1 is 0.481 bits per heavy atom. The molecule has 0 unspecified atom stereocenters. The van der Waals surface area contributed by atoms with E-state index in [0.717, 1.165) is 79.8 Å². The SMILES string of the molecule is Cc1cc(N=NC=C2C=C(C(C)(C)C)C(=O)C(C(C)(C)C)=C2)c(-c2c(N=NC=C3C=C(C(C)(C)C)C(=O)C(C(C)(C)C)=C3)cc(C)c(I)c2I)c(C)c1C. The number of ketones is 2. The summed E-state index contributed by atoms with van der Waals surface area (Å²) in [7, 11) is 0. The van der Waals surface area contributed by atoms with Crippen molar-refractivity contribution in [1.29, 1.82) is 0 Å². The largest absolute Gasteiger partial charge is 0.289 e. The maximum absolute atomic E-state index is 13.5. The summed E-state index contributed by atoms with van der Waals surface area (Å²) in [4.78, 5) is 27.0. The summed E-state index contributed by atoms with van der Waals surface area (Å²) in [5.74, 6) is 0.176. The maximum atomic E-state index is 13.5. The van der Waals surface area contributed by atoms with E-state index < -0.39 is 0 Å². The number of Topliss-reactive ketones (excluding diaryl/α,β-unsaturated/α-hetero) is 2. The van der Waals surface area contributed by atoms with E-state index in [1.54, 1.807) is 12.4 Å². The summed E-state index contributed by atoms with van der Waals surface area (Å²) in [5.41, 5.74) is 11.3. The smallest absolute Gasteiger partial charge is 0.186 e. The Balaban J connectivity index is 1.92. The van der Waals surface area contributed by atoms with Crippen molar-refractivity contribution >= 4 is 68.1 Å². The molecule has 0 heterocycles. The van der Waals surface area contributed by atoms with Crippen molar-refractivity contribution in [1.82, 2.24) is 0 Å². The highest BCUT2D eigenvalue weighted by Crippen LogP contribution is 2.47. The molecule has 0 saturated carbocycles. The van der Waals surface area contributed by atoms with Crippen LogP contribution in [0.5, 0.6) is 0 Å². The molecular formula is C46H56I2N4O2. The second-order valence-corrected chi connectivity index (χ2v) is 20.8. The minimum Gasteiger partial charge on any atom is -0.289 e. The van der Waals surface area contributed by atoms with Crippen molar-refractivity contribution in [2.75, 3.05) is 0 Å². The van der Waals surface area contributed by atoms with Gasteiger partial charge in [0, 0.05) is 40.6 Å². The number of allylic oxidation sites excluding steroid dienone is 10. The highest BCUT2D eigenvalue weighted by molar-refractivity contribution is 14.1. The Morgan fingerprint density at radius 3 is 1.17 bits per heavy atom. The number of aryl methyl sites for hydroxylation is 2. The summed E-state index contributed by atoms with van der Waals surface area (Å²) >= 11 is 4.82. The van der Waals surface area contributed by atoms with Crippen molar-refractivity contribution < 1.29 is 9.59 Å². The standard InChI is InChI=1S/C46H56I2N4O2/c1-25-17-35(51-49-23-29-19-31(43(5,6)7)41(53)32(20-29)44(8,9)10)37(28(4)27(25)3)38-36(18-26(2)39(47)40(38)48)52-50-24-30-21-33(45(11,12)13)42(54)34(22-30)46(14,15)16/h17-24H,1-16H3. The Hall–Kier alpha value is -3.12. The zero-order valence-electron chi connectivity index (χ0n) is 35.0. The predicted molar refractivity (Wildman–Crippen MR) is 242 cm³/mol. The third-order valence-electron chi connectivity index (χ3n) is 9.96. The molecule has 0 amide bonds. The molecule has 0 aromatic heterocycles. The Bertz CT molecular complexity index is 1950. The van der Waals surface area contributed by atoms with Crippen molar-refractivity contribution in [2.45, 2.75) is 111 Å². The monoisotopic (exact) mass is 950 g/mol. The van der Waals surface area contributed by atoms with Gasteiger partial charge in [-0.15, -0.1) is 0 Å². The number of rotatable bonds is 5. The second kappa shape index (κ2) is 15.8. The van der Waals surface area contributed by atoms with Gasteiger partial charge in [0.1, 0.15) is 0 Å². The zero-order chi connectivity index (χ0) is 40.9. The fourth-order valence-electron chi connectivity index (χ4n) is 6.50. The van der Waals surface area contributed by atoms with Gasteiger partial charge < -0.3 is 0 Å². The Labute approximate surface area is 350 Å². The normalized spacial score (nSPS) is 16.3. The second-order valence-electron chi connectivity index (χ2n) is 18.6. The molecule has 8 heteroatoms. The predicted octanol–water partition coefficient (Wildman–Crippen LogP) is 14.8. The lowest BCUT2D eigenvalue weighted by Gasteiger charge is -2.31. The Kier molecular flexibility index (Phi) is 12.7. The summed E-state index contributed by atoms with van der Waals surface area (Å²) in [6.45, 7) is 33.2. The van der Waals surface area contributed by atoms with Gasteiger partial charge in [-0.3, -0.25) is 9.59 Å². The van der Waals surface area contributed by atoms with E-state index in [-0.39, 0.29) is 33.2 Å². The van der Waals surface area contributed by atoms with Crippen LogP contribution in [0.2, 0.25) is 0 Å². The van der Waals surface area contributed by atoms with Gasteiger partial charge in [-0.25, -0.2) is 0 Å². The van der Waals surface area contributed by atoms with Crippen LogP contribution < -0.4 is 0 Å². The quantitative estimate of drug-likeness (QED) is 0.221. The van der Waals surface area contributed by atoms with E-state index in [0.29, 0.717) is 0 Å². The minimum absolute atomic E-state index is 0.0880. The molecule has 0 spiro atoms. The summed E-state index contributed by atoms with van der Waals surface area (Å²) in [6, 6.07) is 4.16. The topological polar surface area (TPSA) is 83.6 Å². The van der Waals surface area contributed by atoms with Crippen LogP contribution in [0.25, 0.3) is 11.1 Å². The summed E-state index contributed by atoms with van der Waals surface area (Å²) in [5, 5.41) is 19.0. The van der Waals surface area contributed by atoms with Crippen LogP contribution >= 0.6 is 45.2 Å². The van der Waals surface area contributed by atoms with Crippen LogP contribution in [0.15, 0.2) is 103 Å². The number of carbonyl (C=O) groups excluding carboxylic acids is 2. The van der Waals surface area contributed by atoms with Crippen LogP contribution in [0.3, 0.4) is 0 Å². The average molecular weight is 951 g/mol. The molecule has 286 valence electrons. The maximum Gasteiger partial charge on any atom is 0.186 e. The van der Waals surface area contributed by atoms with Crippen LogP contribution in [0, 0.1) is 56.5 Å². The molecule has 0 atom stereocenters. The van der Waals surface area contributed by atoms with Gasteiger partial charge in [0.25, 0.3) is 0 Å². The number of azo groups is 2. The minimum atomic E-state index is -0.318. The van der Waals surface area contributed by atoms with Crippen LogP contribution in [-0.4, -0.2) is 11.6 Å². The van der Waals surface area contributed by atoms with Crippen molar-refractivity contribution in [3.05, 3.63) is 112 Å². The highest BCUT2D eigenvalue weighted by atomic mass is 127. The Morgan fingerprint density at radius 2 is 0.815 bits per heavy atom. The van der Waals surface area contributed by atoms with Gasteiger partial charge in [-0.2, -0.15) is 20.5 Å². The first-order valence-electron chi connectivity index (χ1n) is 18.4. The molecule has 0 aliphatic heterocycles. The first kappa shape index (κ1) is 43.6.